The van der Waals surface area contributed by atoms with Gasteiger partial charge in [0.1, 0.15) is 5.01 Å². The molecular weight excluding hydrogens is 351 g/mol. The second-order valence-corrected chi connectivity index (χ2v) is 6.58. The van der Waals surface area contributed by atoms with E-state index in [4.69, 9.17) is 23.2 Å². The Hall–Kier alpha value is -1.88. The summed E-state index contributed by atoms with van der Waals surface area (Å²) >= 11 is 13.5. The minimum atomic E-state index is -0.230. The maximum atomic E-state index is 12.2. The summed E-state index contributed by atoms with van der Waals surface area (Å²) in [6, 6.07) is 12.7. The smallest absolute Gasteiger partial charge is 0.253 e. The van der Waals surface area contributed by atoms with Crippen molar-refractivity contribution in [2.24, 2.45) is 0 Å². The Morgan fingerprint density at radius 2 is 2.04 bits per heavy atom. The summed E-state index contributed by atoms with van der Waals surface area (Å²) in [5, 5.41) is 6.60. The van der Waals surface area contributed by atoms with Crippen LogP contribution in [-0.4, -0.2) is 10.9 Å². The number of thiazole rings is 1. The van der Waals surface area contributed by atoms with Crippen LogP contribution >= 0.6 is 34.5 Å². The first-order valence-corrected chi connectivity index (χ1v) is 8.49. The van der Waals surface area contributed by atoms with Gasteiger partial charge >= 0.3 is 0 Å². The van der Waals surface area contributed by atoms with Crippen LogP contribution in [0.4, 0.5) is 0 Å². The number of carbonyl (C=O) groups is 1. The zero-order valence-corrected chi connectivity index (χ0v) is 14.3. The van der Waals surface area contributed by atoms with Crippen LogP contribution in [0, 0.1) is 0 Å². The molecule has 0 saturated carbocycles. The van der Waals surface area contributed by atoms with E-state index in [0.717, 1.165) is 16.1 Å². The van der Waals surface area contributed by atoms with Crippen LogP contribution in [0.2, 0.25) is 10.0 Å². The lowest BCUT2D eigenvalue weighted by molar-refractivity contribution is 0.0951. The number of amides is 1. The summed E-state index contributed by atoms with van der Waals surface area (Å²) in [7, 11) is 0. The number of carbonyl (C=O) groups excluding carboxylic acids is 1. The van der Waals surface area contributed by atoms with Gasteiger partial charge in [-0.3, -0.25) is 4.79 Å². The summed E-state index contributed by atoms with van der Waals surface area (Å²) < 4.78 is 0. The predicted molar refractivity (Wildman–Crippen MR) is 95.2 cm³/mol. The fourth-order valence-electron chi connectivity index (χ4n) is 2.13. The van der Waals surface area contributed by atoms with Crippen LogP contribution in [0.15, 0.2) is 54.0 Å². The number of nitrogens with zero attached hydrogens (tertiary/aromatic N) is 1. The highest BCUT2D eigenvalue weighted by Crippen LogP contribution is 2.23. The first kappa shape index (κ1) is 16.0. The highest BCUT2D eigenvalue weighted by Gasteiger charge is 2.10. The zero-order chi connectivity index (χ0) is 16.2. The van der Waals surface area contributed by atoms with Gasteiger partial charge in [0.15, 0.2) is 0 Å². The molecule has 3 rings (SSSR count). The molecule has 1 N–H and O–H groups in total. The standard InChI is InChI=1S/C17H12Cl2N2OS/c18-13-4-5-14(15(19)9-13)16(22)21-10-11-2-1-3-12(8-11)17-20-6-7-23-17/h1-9H,10H2,(H,21,22). The van der Waals surface area contributed by atoms with Gasteiger partial charge in [-0.2, -0.15) is 0 Å². The second kappa shape index (κ2) is 7.13. The van der Waals surface area contributed by atoms with Gasteiger partial charge in [0.25, 0.3) is 5.91 Å². The lowest BCUT2D eigenvalue weighted by Gasteiger charge is -2.08. The summed E-state index contributed by atoms with van der Waals surface area (Å²) in [6.07, 6.45) is 1.77. The molecule has 6 heteroatoms. The molecule has 23 heavy (non-hydrogen) atoms. The molecule has 0 aliphatic rings. The van der Waals surface area contributed by atoms with Gasteiger partial charge in [-0.1, -0.05) is 41.4 Å². The molecule has 2 aromatic carbocycles. The third-order valence-electron chi connectivity index (χ3n) is 3.24. The fourth-order valence-corrected chi connectivity index (χ4v) is 3.26. The van der Waals surface area contributed by atoms with E-state index >= 15 is 0 Å². The van der Waals surface area contributed by atoms with E-state index in [1.54, 1.807) is 35.7 Å². The van der Waals surface area contributed by atoms with Crippen LogP contribution in [0.5, 0.6) is 0 Å². The molecule has 0 atom stereocenters. The monoisotopic (exact) mass is 362 g/mol. The summed E-state index contributed by atoms with van der Waals surface area (Å²) in [5.41, 5.74) is 2.44. The minimum absolute atomic E-state index is 0.230. The molecule has 0 saturated heterocycles. The van der Waals surface area contributed by atoms with Crippen molar-refractivity contribution in [2.75, 3.05) is 0 Å². The van der Waals surface area contributed by atoms with Crippen molar-refractivity contribution >= 4 is 40.4 Å². The van der Waals surface area contributed by atoms with Crippen LogP contribution in [0.1, 0.15) is 15.9 Å². The maximum absolute atomic E-state index is 12.2. The van der Waals surface area contributed by atoms with E-state index in [2.05, 4.69) is 10.3 Å². The summed E-state index contributed by atoms with van der Waals surface area (Å²) in [6.45, 7) is 0.414. The Balaban J connectivity index is 1.71. The fraction of sp³-hybridized carbons (Fsp3) is 0.0588. The Kier molecular flexibility index (Phi) is 4.96. The molecule has 116 valence electrons. The number of benzene rings is 2. The second-order valence-electron chi connectivity index (χ2n) is 4.84. The first-order chi connectivity index (χ1) is 11.1. The Labute approximate surface area is 147 Å². The molecule has 1 amide bonds. The van der Waals surface area contributed by atoms with Crippen molar-refractivity contribution in [3.8, 4) is 10.6 Å². The third-order valence-corrected chi connectivity index (χ3v) is 4.61. The average Bonchev–Trinajstić information content (AvgIpc) is 3.07. The number of aromatic nitrogens is 1. The largest absolute Gasteiger partial charge is 0.348 e. The number of hydrogen-bond donors (Lipinski definition) is 1. The van der Waals surface area contributed by atoms with Crippen LogP contribution in [0.25, 0.3) is 10.6 Å². The van der Waals surface area contributed by atoms with Gasteiger partial charge in [0, 0.05) is 28.7 Å². The van der Waals surface area contributed by atoms with E-state index < -0.39 is 0 Å². The lowest BCUT2D eigenvalue weighted by Crippen LogP contribution is -2.23. The predicted octanol–water partition coefficient (Wildman–Crippen LogP) is 5.05. The highest BCUT2D eigenvalue weighted by atomic mass is 35.5. The quantitative estimate of drug-likeness (QED) is 0.705. The Bertz CT molecular complexity index is 834. The number of hydrogen-bond acceptors (Lipinski definition) is 3. The topological polar surface area (TPSA) is 42.0 Å². The van der Waals surface area contributed by atoms with Crippen molar-refractivity contribution in [1.82, 2.24) is 10.3 Å². The highest BCUT2D eigenvalue weighted by molar-refractivity contribution is 7.13. The molecule has 0 bridgehead atoms. The molecule has 3 aromatic rings. The number of halogens is 2. The van der Waals surface area contributed by atoms with Gasteiger partial charge in [-0.15, -0.1) is 11.3 Å². The molecule has 0 radical (unpaired) electrons. The zero-order valence-electron chi connectivity index (χ0n) is 11.9. The van der Waals surface area contributed by atoms with Crippen molar-refractivity contribution in [1.29, 1.82) is 0 Å². The van der Waals surface area contributed by atoms with Gasteiger partial charge < -0.3 is 5.32 Å². The first-order valence-electron chi connectivity index (χ1n) is 6.85. The van der Waals surface area contributed by atoms with E-state index in [1.807, 2.05) is 29.6 Å². The minimum Gasteiger partial charge on any atom is -0.348 e. The number of rotatable bonds is 4. The molecule has 1 heterocycles. The molecule has 0 aliphatic carbocycles. The van der Waals surface area contributed by atoms with Crippen LogP contribution in [0.3, 0.4) is 0 Å². The normalized spacial score (nSPS) is 10.5. The summed E-state index contributed by atoms with van der Waals surface area (Å²) in [4.78, 5) is 16.5. The van der Waals surface area contributed by atoms with Gasteiger partial charge in [0.2, 0.25) is 0 Å². The molecule has 0 aliphatic heterocycles. The molecule has 0 fully saturated rings. The van der Waals surface area contributed by atoms with Crippen molar-refractivity contribution in [2.45, 2.75) is 6.54 Å². The number of nitrogens with one attached hydrogen (secondary N) is 1. The van der Waals surface area contributed by atoms with Gasteiger partial charge in [-0.25, -0.2) is 4.98 Å². The lowest BCUT2D eigenvalue weighted by atomic mass is 10.1. The molecule has 3 nitrogen and oxygen atoms in total. The summed E-state index contributed by atoms with van der Waals surface area (Å²) in [5.74, 6) is -0.230. The Morgan fingerprint density at radius 1 is 1.17 bits per heavy atom. The van der Waals surface area contributed by atoms with Gasteiger partial charge in [0.05, 0.1) is 10.6 Å². The molecule has 0 unspecified atom stereocenters. The van der Waals surface area contributed by atoms with Crippen molar-refractivity contribution < 1.29 is 4.79 Å². The van der Waals surface area contributed by atoms with Crippen molar-refractivity contribution in [3.63, 3.8) is 0 Å². The van der Waals surface area contributed by atoms with Crippen LogP contribution < -0.4 is 5.32 Å². The molecule has 0 spiro atoms. The molecule has 1 aromatic heterocycles. The Morgan fingerprint density at radius 3 is 2.78 bits per heavy atom. The van der Waals surface area contributed by atoms with E-state index in [9.17, 15) is 4.79 Å². The molecular formula is C17H12Cl2N2OS. The SMILES string of the molecule is O=C(NCc1cccc(-c2nccs2)c1)c1ccc(Cl)cc1Cl. The van der Waals surface area contributed by atoms with Gasteiger partial charge in [-0.05, 0) is 29.8 Å². The third kappa shape index (κ3) is 3.91. The van der Waals surface area contributed by atoms with E-state index in [1.165, 1.54) is 0 Å². The van der Waals surface area contributed by atoms with E-state index in [-0.39, 0.29) is 5.91 Å². The maximum Gasteiger partial charge on any atom is 0.253 e. The van der Waals surface area contributed by atoms with Crippen LogP contribution in [-0.2, 0) is 6.54 Å². The van der Waals surface area contributed by atoms with E-state index in [0.29, 0.717) is 22.2 Å². The average molecular weight is 363 g/mol. The van der Waals surface area contributed by atoms with Crippen molar-refractivity contribution in [3.05, 3.63) is 75.2 Å².